The summed E-state index contributed by atoms with van der Waals surface area (Å²) < 4.78 is 0. The molecule has 1 aliphatic heterocycles. The molecule has 5 nitrogen and oxygen atoms in total. The summed E-state index contributed by atoms with van der Waals surface area (Å²) in [6, 6.07) is 0. The van der Waals surface area contributed by atoms with Gasteiger partial charge in [0.15, 0.2) is 5.17 Å². The third-order valence-electron chi connectivity index (χ3n) is 1.86. The summed E-state index contributed by atoms with van der Waals surface area (Å²) in [6.45, 7) is 0.672. The van der Waals surface area contributed by atoms with Crippen LogP contribution in [-0.4, -0.2) is 51.8 Å². The van der Waals surface area contributed by atoms with Gasteiger partial charge >= 0.3 is 0 Å². The Kier molecular flexibility index (Phi) is 3.54. The molecule has 6 heteroatoms. The van der Waals surface area contributed by atoms with Crippen LogP contribution in [0.2, 0.25) is 0 Å². The maximum Gasteiger partial charge on any atom is 0.208 e. The summed E-state index contributed by atoms with van der Waals surface area (Å²) in [4.78, 5) is 5.28. The number of likely N-dealkylation sites (tertiary alicyclic amines) is 1. The van der Waals surface area contributed by atoms with Gasteiger partial charge in [-0.25, -0.2) is 0 Å². The van der Waals surface area contributed by atoms with E-state index >= 15 is 0 Å². The van der Waals surface area contributed by atoms with E-state index in [-0.39, 0.29) is 0 Å². The molecule has 13 heavy (non-hydrogen) atoms. The molecule has 1 aliphatic rings. The molecule has 1 fully saturated rings. The second-order valence-corrected chi connectivity index (χ2v) is 3.51. The largest absolute Gasteiger partial charge is 0.389 e. The van der Waals surface area contributed by atoms with Crippen LogP contribution >= 0.6 is 11.8 Å². The van der Waals surface area contributed by atoms with E-state index in [1.165, 1.54) is 11.8 Å². The summed E-state index contributed by atoms with van der Waals surface area (Å²) in [5.74, 6) is 0. The van der Waals surface area contributed by atoms with Gasteiger partial charge < -0.3 is 15.1 Å². The van der Waals surface area contributed by atoms with E-state index in [1.54, 1.807) is 17.3 Å². The van der Waals surface area contributed by atoms with E-state index in [0.29, 0.717) is 18.3 Å². The van der Waals surface area contributed by atoms with Crippen molar-refractivity contribution in [2.45, 2.75) is 12.2 Å². The van der Waals surface area contributed by atoms with E-state index in [2.05, 4.69) is 4.99 Å². The standard InChI is InChI=1S/C7H11N3O2S/c1-13-7(9-4-8)10-2-5(11)6(12)3-10/h5-6,11-12H,2-3H2,1H3. The second kappa shape index (κ2) is 4.46. The van der Waals surface area contributed by atoms with Gasteiger partial charge in [0.25, 0.3) is 0 Å². The van der Waals surface area contributed by atoms with Crippen molar-refractivity contribution in [3.8, 4) is 6.19 Å². The molecule has 0 aromatic heterocycles. The van der Waals surface area contributed by atoms with E-state index in [9.17, 15) is 10.2 Å². The van der Waals surface area contributed by atoms with Gasteiger partial charge in [0.1, 0.15) is 0 Å². The number of amidine groups is 1. The van der Waals surface area contributed by atoms with Crippen LogP contribution in [0.4, 0.5) is 0 Å². The van der Waals surface area contributed by atoms with Crippen LogP contribution in [0.5, 0.6) is 0 Å². The summed E-state index contributed by atoms with van der Waals surface area (Å²) in [5.41, 5.74) is 0. The van der Waals surface area contributed by atoms with Crippen molar-refractivity contribution in [3.05, 3.63) is 0 Å². The summed E-state index contributed by atoms with van der Waals surface area (Å²) in [5, 5.41) is 27.4. The number of β-amino-alcohol motifs (C(OH)–C–C–N with tert-alkyl or cyclic N) is 2. The number of aliphatic hydroxyl groups excluding tert-OH is 2. The van der Waals surface area contributed by atoms with Gasteiger partial charge in [-0.15, -0.1) is 4.99 Å². The minimum absolute atomic E-state index is 0.336. The predicted molar refractivity (Wildman–Crippen MR) is 50.1 cm³/mol. The van der Waals surface area contributed by atoms with Gasteiger partial charge in [0, 0.05) is 13.1 Å². The molecule has 2 atom stereocenters. The molecule has 0 aliphatic carbocycles. The molecule has 2 unspecified atom stereocenters. The van der Waals surface area contributed by atoms with E-state index in [4.69, 9.17) is 5.26 Å². The third kappa shape index (κ3) is 2.34. The van der Waals surface area contributed by atoms with Crippen LogP contribution in [-0.2, 0) is 0 Å². The topological polar surface area (TPSA) is 79.9 Å². The number of rotatable bonds is 0. The van der Waals surface area contributed by atoms with Crippen molar-refractivity contribution in [1.29, 1.82) is 5.26 Å². The molecular weight excluding hydrogens is 190 g/mol. The Morgan fingerprint density at radius 3 is 2.46 bits per heavy atom. The maximum absolute atomic E-state index is 9.24. The van der Waals surface area contributed by atoms with Gasteiger partial charge in [-0.3, -0.25) is 0 Å². The van der Waals surface area contributed by atoms with Crippen LogP contribution in [0, 0.1) is 11.5 Å². The summed E-state index contributed by atoms with van der Waals surface area (Å²) >= 11 is 1.33. The highest BCUT2D eigenvalue weighted by Gasteiger charge is 2.31. The van der Waals surface area contributed by atoms with Crippen LogP contribution in [0.3, 0.4) is 0 Å². The van der Waals surface area contributed by atoms with Crippen molar-refractivity contribution in [2.75, 3.05) is 19.3 Å². The van der Waals surface area contributed by atoms with Crippen molar-refractivity contribution >= 4 is 16.9 Å². The number of nitrogens with zero attached hydrogens (tertiary/aromatic N) is 3. The summed E-state index contributed by atoms with van der Waals surface area (Å²) in [6.07, 6.45) is 2.01. The summed E-state index contributed by atoms with van der Waals surface area (Å²) in [7, 11) is 0. The first kappa shape index (κ1) is 10.3. The molecule has 1 rings (SSSR count). The van der Waals surface area contributed by atoms with E-state index in [0.717, 1.165) is 0 Å². The van der Waals surface area contributed by atoms with Crippen molar-refractivity contribution in [2.24, 2.45) is 4.99 Å². The Morgan fingerprint density at radius 1 is 1.54 bits per heavy atom. The minimum atomic E-state index is -0.740. The fraction of sp³-hybridized carbons (Fsp3) is 0.714. The third-order valence-corrected chi connectivity index (χ3v) is 2.57. The monoisotopic (exact) mass is 201 g/mol. The highest BCUT2D eigenvalue weighted by Crippen LogP contribution is 2.15. The number of aliphatic imine (C=N–C) groups is 1. The zero-order valence-corrected chi connectivity index (χ0v) is 8.03. The lowest BCUT2D eigenvalue weighted by Gasteiger charge is -2.16. The molecule has 0 spiro atoms. The normalized spacial score (nSPS) is 29.1. The number of thioether (sulfide) groups is 1. The Bertz CT molecular complexity index is 241. The molecule has 1 heterocycles. The highest BCUT2D eigenvalue weighted by atomic mass is 32.2. The SMILES string of the molecule is CSC(=NC#N)N1CC(O)C(O)C1. The van der Waals surface area contributed by atoms with Crippen LogP contribution in [0.1, 0.15) is 0 Å². The molecule has 72 valence electrons. The van der Waals surface area contributed by atoms with Gasteiger partial charge in [-0.1, -0.05) is 11.8 Å². The maximum atomic E-state index is 9.24. The lowest BCUT2D eigenvalue weighted by atomic mass is 10.3. The molecule has 0 radical (unpaired) electrons. The fourth-order valence-electron chi connectivity index (χ4n) is 1.21. The van der Waals surface area contributed by atoms with Crippen molar-refractivity contribution < 1.29 is 10.2 Å². The van der Waals surface area contributed by atoms with Gasteiger partial charge in [0.05, 0.1) is 12.2 Å². The number of hydrogen-bond acceptors (Lipinski definition) is 5. The average Bonchev–Trinajstić information content (AvgIpc) is 2.43. The smallest absolute Gasteiger partial charge is 0.208 e. The molecule has 1 saturated heterocycles. The van der Waals surface area contributed by atoms with Crippen LogP contribution in [0.25, 0.3) is 0 Å². The Hall–Kier alpha value is -0.770. The molecule has 0 amide bonds. The zero-order valence-electron chi connectivity index (χ0n) is 7.21. The van der Waals surface area contributed by atoms with Crippen LogP contribution < -0.4 is 0 Å². The quantitative estimate of drug-likeness (QED) is 0.305. The Morgan fingerprint density at radius 2 is 2.08 bits per heavy atom. The molecule has 0 saturated carbocycles. The van der Waals surface area contributed by atoms with E-state index in [1.807, 2.05) is 0 Å². The minimum Gasteiger partial charge on any atom is -0.389 e. The van der Waals surface area contributed by atoms with Gasteiger partial charge in [0.2, 0.25) is 6.19 Å². The molecule has 2 N–H and O–H groups in total. The predicted octanol–water partition coefficient (Wildman–Crippen LogP) is -0.776. The number of aliphatic hydroxyl groups is 2. The Balaban J connectivity index is 2.64. The lowest BCUT2D eigenvalue weighted by molar-refractivity contribution is 0.0572. The number of hydrogen-bond donors (Lipinski definition) is 2. The van der Waals surface area contributed by atoms with Crippen molar-refractivity contribution in [3.63, 3.8) is 0 Å². The van der Waals surface area contributed by atoms with Gasteiger partial charge in [-0.2, -0.15) is 5.26 Å². The average molecular weight is 201 g/mol. The first-order valence-corrected chi connectivity index (χ1v) is 5.03. The zero-order chi connectivity index (χ0) is 9.84. The molecule has 0 aromatic carbocycles. The van der Waals surface area contributed by atoms with Crippen LogP contribution in [0.15, 0.2) is 4.99 Å². The molecule has 0 aromatic rings. The Labute approximate surface area is 80.7 Å². The van der Waals surface area contributed by atoms with Crippen molar-refractivity contribution in [1.82, 2.24) is 4.90 Å². The second-order valence-electron chi connectivity index (χ2n) is 2.74. The first-order chi connectivity index (χ1) is 6.19. The fourth-order valence-corrected chi connectivity index (χ4v) is 1.75. The molecular formula is C7H11N3O2S. The lowest BCUT2D eigenvalue weighted by Crippen LogP contribution is -2.27. The van der Waals surface area contributed by atoms with E-state index < -0.39 is 12.2 Å². The highest BCUT2D eigenvalue weighted by molar-refractivity contribution is 8.13. The number of nitriles is 1. The van der Waals surface area contributed by atoms with Gasteiger partial charge in [-0.05, 0) is 6.26 Å². The molecule has 0 bridgehead atoms. The first-order valence-electron chi connectivity index (χ1n) is 3.81.